The van der Waals surface area contributed by atoms with Gasteiger partial charge < -0.3 is 5.11 Å². The molecule has 0 unspecified atom stereocenters. The van der Waals surface area contributed by atoms with E-state index in [1.165, 1.54) is 0 Å². The minimum absolute atomic E-state index is 0.642. The summed E-state index contributed by atoms with van der Waals surface area (Å²) >= 11 is 7.29. The highest BCUT2D eigenvalue weighted by atomic mass is 35.5. The quantitative estimate of drug-likeness (QED) is 0.719. The van der Waals surface area contributed by atoms with E-state index in [1.807, 2.05) is 12.3 Å². The molecule has 0 aliphatic carbocycles. The van der Waals surface area contributed by atoms with Crippen LogP contribution in [0.15, 0.2) is 23.1 Å². The van der Waals surface area contributed by atoms with Crippen LogP contribution in [0.4, 0.5) is 0 Å². The summed E-state index contributed by atoms with van der Waals surface area (Å²) in [6.45, 7) is 1.07. The third-order valence-electron chi connectivity index (χ3n) is 1.33. The number of hydrogen-bond donors (Lipinski definition) is 1. The van der Waals surface area contributed by atoms with Crippen molar-refractivity contribution in [3.63, 3.8) is 0 Å². The van der Waals surface area contributed by atoms with Crippen LogP contribution in [0.2, 0.25) is 5.02 Å². The van der Waals surface area contributed by atoms with E-state index in [4.69, 9.17) is 16.7 Å². The number of thioether (sulfide) groups is 1. The van der Waals surface area contributed by atoms with Gasteiger partial charge in [-0.3, -0.25) is 0 Å². The number of rotatable bonds is 2. The molecule has 0 aliphatic rings. The van der Waals surface area contributed by atoms with Gasteiger partial charge in [-0.25, -0.2) is 0 Å². The van der Waals surface area contributed by atoms with E-state index in [-0.39, 0.29) is 0 Å². The third kappa shape index (κ3) is 2.12. The Labute approximate surface area is 75.4 Å². The Morgan fingerprint density at radius 3 is 2.82 bits per heavy atom. The summed E-state index contributed by atoms with van der Waals surface area (Å²) in [6.07, 6.45) is 1.95. The molecule has 0 saturated heterocycles. The lowest BCUT2D eigenvalue weighted by Gasteiger charge is -2.02. The zero-order valence-corrected chi connectivity index (χ0v) is 7.62. The first-order valence-corrected chi connectivity index (χ1v) is 4.69. The van der Waals surface area contributed by atoms with E-state index in [0.717, 1.165) is 17.1 Å². The third-order valence-corrected chi connectivity index (χ3v) is 2.38. The molecule has 11 heavy (non-hydrogen) atoms. The first kappa shape index (κ1) is 8.91. The molecule has 0 spiro atoms. The van der Waals surface area contributed by atoms with Gasteiger partial charge in [-0.1, -0.05) is 11.6 Å². The van der Waals surface area contributed by atoms with E-state index in [0.29, 0.717) is 5.02 Å². The highest BCUT2D eigenvalue weighted by Crippen LogP contribution is 2.24. The van der Waals surface area contributed by atoms with Crippen molar-refractivity contribution >= 4 is 23.4 Å². The minimum atomic E-state index is 0.642. The summed E-state index contributed by atoms with van der Waals surface area (Å²) in [7, 11) is 0. The lowest BCUT2D eigenvalue weighted by atomic mass is 10.2. The van der Waals surface area contributed by atoms with Gasteiger partial charge in [0.1, 0.15) is 6.61 Å². The summed E-state index contributed by atoms with van der Waals surface area (Å²) in [5, 5.41) is 9.42. The maximum Gasteiger partial charge on any atom is 0.110 e. The smallest absolute Gasteiger partial charge is 0.110 e. The molecular formula is C8H8ClOS. The molecule has 1 N–H and O–H groups in total. The second-order valence-corrected chi connectivity index (χ2v) is 3.30. The highest BCUT2D eigenvalue weighted by Gasteiger charge is 2.00. The minimum Gasteiger partial charge on any atom is -0.385 e. The van der Waals surface area contributed by atoms with Gasteiger partial charge in [-0.05, 0) is 30.0 Å². The van der Waals surface area contributed by atoms with Gasteiger partial charge in [-0.15, -0.1) is 11.8 Å². The fourth-order valence-corrected chi connectivity index (χ4v) is 1.54. The van der Waals surface area contributed by atoms with Gasteiger partial charge in [0.2, 0.25) is 0 Å². The van der Waals surface area contributed by atoms with Crippen LogP contribution in [-0.4, -0.2) is 11.4 Å². The SMILES string of the molecule is CSc1ccc(Cl)cc1[CH]O. The van der Waals surface area contributed by atoms with Gasteiger partial charge in [0.05, 0.1) is 0 Å². The van der Waals surface area contributed by atoms with E-state index >= 15 is 0 Å². The molecule has 0 aliphatic heterocycles. The predicted octanol–water partition coefficient (Wildman–Crippen LogP) is 2.94. The average molecular weight is 188 g/mol. The van der Waals surface area contributed by atoms with Crippen molar-refractivity contribution in [1.29, 1.82) is 0 Å². The van der Waals surface area contributed by atoms with Crippen molar-refractivity contribution in [3.8, 4) is 0 Å². The van der Waals surface area contributed by atoms with Crippen LogP contribution in [0, 0.1) is 6.61 Å². The fourth-order valence-electron chi connectivity index (χ4n) is 0.806. The van der Waals surface area contributed by atoms with Crippen molar-refractivity contribution in [1.82, 2.24) is 0 Å². The molecule has 1 aromatic rings. The first-order chi connectivity index (χ1) is 5.27. The van der Waals surface area contributed by atoms with Crippen LogP contribution in [-0.2, 0) is 0 Å². The molecule has 0 bridgehead atoms. The average Bonchev–Trinajstić information content (AvgIpc) is 2.04. The largest absolute Gasteiger partial charge is 0.385 e. The summed E-state index contributed by atoms with van der Waals surface area (Å²) in [5.74, 6) is 0. The maximum atomic E-state index is 8.78. The zero-order chi connectivity index (χ0) is 8.27. The van der Waals surface area contributed by atoms with E-state index < -0.39 is 0 Å². The topological polar surface area (TPSA) is 20.2 Å². The monoisotopic (exact) mass is 187 g/mol. The molecule has 3 heteroatoms. The Morgan fingerprint density at radius 1 is 1.55 bits per heavy atom. The fraction of sp³-hybridized carbons (Fsp3) is 0.125. The Balaban J connectivity index is 3.06. The summed E-state index contributed by atoms with van der Waals surface area (Å²) in [4.78, 5) is 1.02. The lowest BCUT2D eigenvalue weighted by Crippen LogP contribution is -1.83. The number of aliphatic hydroxyl groups excluding tert-OH is 1. The van der Waals surface area contributed by atoms with E-state index in [9.17, 15) is 0 Å². The zero-order valence-electron chi connectivity index (χ0n) is 6.04. The summed E-state index contributed by atoms with van der Waals surface area (Å²) in [6, 6.07) is 5.42. The lowest BCUT2D eigenvalue weighted by molar-refractivity contribution is 0.412. The molecular weight excluding hydrogens is 180 g/mol. The molecule has 0 aromatic heterocycles. The number of benzene rings is 1. The molecule has 0 amide bonds. The Kier molecular flexibility index (Phi) is 3.24. The maximum absolute atomic E-state index is 8.78. The Bertz CT molecular complexity index is 250. The summed E-state index contributed by atoms with van der Waals surface area (Å²) in [5.41, 5.74) is 0.769. The number of aliphatic hydroxyl groups is 1. The standard InChI is InChI=1S/C8H8ClOS/c1-11-8-3-2-7(9)4-6(8)5-10/h2-5,10H,1H3. The van der Waals surface area contributed by atoms with Crippen molar-refractivity contribution < 1.29 is 5.11 Å². The van der Waals surface area contributed by atoms with Crippen molar-refractivity contribution in [2.45, 2.75) is 4.90 Å². The molecule has 0 atom stereocenters. The Hall–Kier alpha value is -0.180. The van der Waals surface area contributed by atoms with Crippen LogP contribution < -0.4 is 0 Å². The van der Waals surface area contributed by atoms with E-state index in [1.54, 1.807) is 23.9 Å². The molecule has 1 aromatic carbocycles. The van der Waals surface area contributed by atoms with Crippen LogP contribution >= 0.6 is 23.4 Å². The number of hydrogen-bond acceptors (Lipinski definition) is 2. The number of halogens is 1. The predicted molar refractivity (Wildman–Crippen MR) is 48.6 cm³/mol. The van der Waals surface area contributed by atoms with Gasteiger partial charge in [0, 0.05) is 9.92 Å². The molecule has 59 valence electrons. The highest BCUT2D eigenvalue weighted by molar-refractivity contribution is 7.98. The normalized spacial score (nSPS) is 10.1. The van der Waals surface area contributed by atoms with E-state index in [2.05, 4.69) is 0 Å². The second kappa shape index (κ2) is 4.00. The molecule has 1 nitrogen and oxygen atoms in total. The molecule has 0 heterocycles. The molecule has 0 saturated carbocycles. The molecule has 1 radical (unpaired) electrons. The van der Waals surface area contributed by atoms with Gasteiger partial charge in [0.15, 0.2) is 0 Å². The van der Waals surface area contributed by atoms with Crippen molar-refractivity contribution in [2.75, 3.05) is 6.26 Å². The Morgan fingerprint density at radius 2 is 2.27 bits per heavy atom. The molecule has 0 fully saturated rings. The van der Waals surface area contributed by atoms with Gasteiger partial charge in [-0.2, -0.15) is 0 Å². The van der Waals surface area contributed by atoms with Crippen LogP contribution in [0.5, 0.6) is 0 Å². The van der Waals surface area contributed by atoms with Crippen molar-refractivity contribution in [2.24, 2.45) is 0 Å². The molecule has 1 rings (SSSR count). The van der Waals surface area contributed by atoms with Crippen LogP contribution in [0.25, 0.3) is 0 Å². The van der Waals surface area contributed by atoms with Gasteiger partial charge >= 0.3 is 0 Å². The van der Waals surface area contributed by atoms with Crippen LogP contribution in [0.1, 0.15) is 5.56 Å². The van der Waals surface area contributed by atoms with Crippen LogP contribution in [0.3, 0.4) is 0 Å². The van der Waals surface area contributed by atoms with Gasteiger partial charge in [0.25, 0.3) is 0 Å². The van der Waals surface area contributed by atoms with Crippen molar-refractivity contribution in [3.05, 3.63) is 35.4 Å². The summed E-state index contributed by atoms with van der Waals surface area (Å²) < 4.78 is 0. The second-order valence-electron chi connectivity index (χ2n) is 2.02. The first-order valence-electron chi connectivity index (χ1n) is 3.09.